The first-order chi connectivity index (χ1) is 32.8. The van der Waals surface area contributed by atoms with Gasteiger partial charge in [-0.3, -0.25) is 0 Å². The highest BCUT2D eigenvalue weighted by atomic mass is 32.1. The van der Waals surface area contributed by atoms with E-state index >= 15 is 0 Å². The van der Waals surface area contributed by atoms with Crippen molar-refractivity contribution in [1.82, 2.24) is 19.5 Å². The van der Waals surface area contributed by atoms with Crippen molar-refractivity contribution in [2.45, 2.75) is 0 Å². The molecule has 4 nitrogen and oxygen atoms in total. The zero-order chi connectivity index (χ0) is 45.1. The first-order valence-corrected chi connectivity index (χ1v) is 21.3. The van der Waals surface area contributed by atoms with Gasteiger partial charge in [0.25, 0.3) is 0 Å². The van der Waals surface area contributed by atoms with Gasteiger partial charge in [-0.2, -0.15) is 0 Å². The lowest BCUT2D eigenvalue weighted by Gasteiger charge is -2.14. The minimum Gasteiger partial charge on any atom is -0.309 e. The lowest BCUT2D eigenvalue weighted by molar-refractivity contribution is 1.07. The molecule has 0 spiro atoms. The van der Waals surface area contributed by atoms with Gasteiger partial charge in [0.05, 0.1) is 17.9 Å². The Bertz CT molecular complexity index is 4120. The van der Waals surface area contributed by atoms with Crippen LogP contribution >= 0.6 is 11.3 Å². The van der Waals surface area contributed by atoms with E-state index in [1.807, 2.05) is 30.3 Å². The van der Waals surface area contributed by atoms with Crippen molar-refractivity contribution < 1.29 is 6.85 Å². The maximum atomic E-state index is 8.98. The predicted octanol–water partition coefficient (Wildman–Crippen LogP) is 15.5. The van der Waals surface area contributed by atoms with Crippen LogP contribution in [0.2, 0.25) is 0 Å². The molecule has 0 amide bonds. The molecular weight excluding hydrogens is 773 g/mol. The van der Waals surface area contributed by atoms with Crippen molar-refractivity contribution in [3.05, 3.63) is 206 Å². The third kappa shape index (κ3) is 5.35. The molecule has 0 saturated heterocycles. The molecule has 0 atom stereocenters. The van der Waals surface area contributed by atoms with E-state index < -0.39 is 18.1 Å². The van der Waals surface area contributed by atoms with Gasteiger partial charge in [-0.15, -0.1) is 11.3 Å². The highest BCUT2D eigenvalue weighted by Gasteiger charge is 2.22. The molecular formula is C57H34N4S. The van der Waals surface area contributed by atoms with Crippen molar-refractivity contribution in [2.24, 2.45) is 0 Å². The first-order valence-electron chi connectivity index (χ1n) is 23.0. The molecule has 0 radical (unpaired) electrons. The van der Waals surface area contributed by atoms with Gasteiger partial charge in [0.1, 0.15) is 0 Å². The molecule has 0 aliphatic heterocycles. The number of fused-ring (bicyclic) bond motifs is 12. The first kappa shape index (κ1) is 30.1. The van der Waals surface area contributed by atoms with E-state index in [0.717, 1.165) is 64.4 Å². The highest BCUT2D eigenvalue weighted by molar-refractivity contribution is 7.26. The Kier molecular flexibility index (Phi) is 6.69. The summed E-state index contributed by atoms with van der Waals surface area (Å²) in [7, 11) is 0. The Labute approximate surface area is 367 Å². The van der Waals surface area contributed by atoms with Crippen LogP contribution in [0.15, 0.2) is 206 Å². The molecule has 0 unspecified atom stereocenters. The van der Waals surface area contributed by atoms with Crippen LogP contribution in [0.5, 0.6) is 0 Å². The Morgan fingerprint density at radius 3 is 1.63 bits per heavy atom. The summed E-state index contributed by atoms with van der Waals surface area (Å²) in [6.07, 6.45) is 0. The van der Waals surface area contributed by atoms with Crippen molar-refractivity contribution in [2.75, 3.05) is 0 Å². The normalized spacial score (nSPS) is 13.0. The van der Waals surface area contributed by atoms with Crippen LogP contribution < -0.4 is 0 Å². The zero-order valence-electron chi connectivity index (χ0n) is 37.9. The lowest BCUT2D eigenvalue weighted by atomic mass is 9.91. The average Bonchev–Trinajstić information content (AvgIpc) is 3.93. The van der Waals surface area contributed by atoms with Gasteiger partial charge in [-0.05, 0) is 79.8 Å². The number of para-hydroxylation sites is 2. The standard InChI is InChI=1S/C57H34N4S/c1-3-16-35(17-4-1)55-58-56(36-18-5-2-6-19-36)60-57(59-55)49-34-38(61-50-27-13-11-24-45(50)46-25-12-14-28-51(46)61)33-48-53-39(26-15-29-52(53)62-54(48)49)37-30-31-44-42-22-8-7-20-40(42)41-21-9-10-23-43(41)47(44)32-37/h1-34H/i1D,3D,4D,16D,17D. The summed E-state index contributed by atoms with van der Waals surface area (Å²) in [4.78, 5) is 15.1. The number of benzene rings is 10. The molecule has 0 saturated carbocycles. The summed E-state index contributed by atoms with van der Waals surface area (Å²) >= 11 is 1.66. The number of hydrogen-bond acceptors (Lipinski definition) is 4. The summed E-state index contributed by atoms with van der Waals surface area (Å²) in [5.74, 6) is 0.634. The topological polar surface area (TPSA) is 43.6 Å². The smallest absolute Gasteiger partial charge is 0.165 e. The van der Waals surface area contributed by atoms with Crippen LogP contribution in [-0.4, -0.2) is 19.5 Å². The van der Waals surface area contributed by atoms with E-state index in [9.17, 15) is 0 Å². The molecule has 3 aromatic heterocycles. The second kappa shape index (κ2) is 13.8. The summed E-state index contributed by atoms with van der Waals surface area (Å²) in [5.41, 5.74) is 6.51. The average molecular weight is 812 g/mol. The van der Waals surface area contributed by atoms with Crippen molar-refractivity contribution in [3.8, 4) is 51.0 Å². The van der Waals surface area contributed by atoms with Crippen LogP contribution in [-0.2, 0) is 0 Å². The van der Waals surface area contributed by atoms with Crippen molar-refractivity contribution >= 4 is 85.6 Å². The molecule has 0 aliphatic carbocycles. The van der Waals surface area contributed by atoms with E-state index in [1.54, 1.807) is 11.3 Å². The molecule has 0 bridgehead atoms. The van der Waals surface area contributed by atoms with E-state index in [4.69, 9.17) is 21.8 Å². The lowest BCUT2D eigenvalue weighted by Crippen LogP contribution is -2.01. The fraction of sp³-hybridized carbons (Fsp3) is 0. The van der Waals surface area contributed by atoms with Gasteiger partial charge in [0.15, 0.2) is 17.5 Å². The Morgan fingerprint density at radius 2 is 0.952 bits per heavy atom. The summed E-state index contributed by atoms with van der Waals surface area (Å²) in [6.45, 7) is 0. The van der Waals surface area contributed by atoms with Crippen LogP contribution in [0, 0.1) is 0 Å². The van der Waals surface area contributed by atoms with Crippen LogP contribution in [0.25, 0.3) is 125 Å². The SMILES string of the molecule is [2H]c1c([2H])c([2H])c(-c2nc(-c3ccccc3)nc(-c3cc(-n4c5ccccc5c5ccccc54)cc4c3sc3cccc(-c5ccc6c7ccccc7c7ccccc7c6c5)c34)n2)c([2H])c1[2H]. The molecule has 0 aliphatic rings. The minimum atomic E-state index is -0.481. The largest absolute Gasteiger partial charge is 0.309 e. The van der Waals surface area contributed by atoms with E-state index in [2.05, 4.69) is 150 Å². The molecule has 0 N–H and O–H groups in total. The summed E-state index contributed by atoms with van der Waals surface area (Å²) in [5, 5.41) is 11.6. The number of hydrogen-bond donors (Lipinski definition) is 0. The van der Waals surface area contributed by atoms with Gasteiger partial charge >= 0.3 is 0 Å². The Balaban J connectivity index is 1.15. The number of aromatic nitrogens is 4. The Morgan fingerprint density at radius 1 is 0.387 bits per heavy atom. The second-order valence-corrected chi connectivity index (χ2v) is 16.6. The number of nitrogens with zero attached hydrogens (tertiary/aromatic N) is 4. The summed E-state index contributed by atoms with van der Waals surface area (Å²) < 4.78 is 47.7. The molecule has 13 aromatic rings. The van der Waals surface area contributed by atoms with Crippen LogP contribution in [0.3, 0.4) is 0 Å². The third-order valence-electron chi connectivity index (χ3n) is 12.1. The van der Waals surface area contributed by atoms with Crippen LogP contribution in [0.1, 0.15) is 6.85 Å². The van der Waals surface area contributed by atoms with E-state index in [0.29, 0.717) is 17.2 Å². The van der Waals surface area contributed by atoms with E-state index in [1.165, 1.54) is 32.3 Å². The van der Waals surface area contributed by atoms with Crippen molar-refractivity contribution in [1.29, 1.82) is 0 Å². The quantitative estimate of drug-likeness (QED) is 0.163. The maximum Gasteiger partial charge on any atom is 0.165 e. The number of thiophene rings is 1. The zero-order valence-corrected chi connectivity index (χ0v) is 33.8. The van der Waals surface area contributed by atoms with E-state index in [-0.39, 0.29) is 23.5 Å². The monoisotopic (exact) mass is 811 g/mol. The van der Waals surface area contributed by atoms with Crippen molar-refractivity contribution in [3.63, 3.8) is 0 Å². The van der Waals surface area contributed by atoms with Gasteiger partial charge < -0.3 is 4.57 Å². The Hall–Kier alpha value is -7.99. The van der Waals surface area contributed by atoms with Gasteiger partial charge in [0, 0.05) is 53.3 Å². The highest BCUT2D eigenvalue weighted by Crippen LogP contribution is 2.47. The fourth-order valence-electron chi connectivity index (χ4n) is 9.41. The van der Waals surface area contributed by atoms with Gasteiger partial charge in [-0.25, -0.2) is 15.0 Å². The number of rotatable bonds is 5. The van der Waals surface area contributed by atoms with Crippen LogP contribution in [0.4, 0.5) is 0 Å². The molecule has 62 heavy (non-hydrogen) atoms. The second-order valence-electron chi connectivity index (χ2n) is 15.5. The van der Waals surface area contributed by atoms with Gasteiger partial charge in [0.2, 0.25) is 0 Å². The molecule has 0 fully saturated rings. The maximum absolute atomic E-state index is 8.98. The fourth-order valence-corrected chi connectivity index (χ4v) is 10.6. The third-order valence-corrected chi connectivity index (χ3v) is 13.3. The summed E-state index contributed by atoms with van der Waals surface area (Å²) in [6, 6.07) is 59.2. The van der Waals surface area contributed by atoms with Gasteiger partial charge in [-0.1, -0.05) is 170 Å². The predicted molar refractivity (Wildman–Crippen MR) is 261 cm³/mol. The molecule has 13 rings (SSSR count). The molecule has 5 heteroatoms. The molecule has 3 heterocycles. The molecule has 10 aromatic carbocycles. The minimum absolute atomic E-state index is 0.00557. The molecule has 288 valence electrons.